The number of ether oxygens (including phenoxy) is 3. The number of nitrogens with zero attached hydrogens (tertiary/aromatic N) is 4. The number of aliphatic hydroxyl groups excluding tert-OH is 1. The van der Waals surface area contributed by atoms with Gasteiger partial charge in [0.25, 0.3) is 0 Å². The average molecular weight is 653 g/mol. The number of morpholine rings is 1. The van der Waals surface area contributed by atoms with Crippen LogP contribution in [0.2, 0.25) is 0 Å². The molecule has 10 heteroatoms. The molecule has 0 amide bonds. The molecule has 8 nitrogen and oxygen atoms in total. The molecule has 2 saturated heterocycles. The van der Waals surface area contributed by atoms with Gasteiger partial charge < -0.3 is 19.3 Å². The molecule has 1 saturated carbocycles. The summed E-state index contributed by atoms with van der Waals surface area (Å²) in [6.07, 6.45) is 7.18. The summed E-state index contributed by atoms with van der Waals surface area (Å²) in [5.74, 6) is -0.893. The van der Waals surface area contributed by atoms with Crippen molar-refractivity contribution in [2.24, 2.45) is 5.41 Å². The van der Waals surface area contributed by atoms with Crippen LogP contribution in [-0.2, 0) is 17.8 Å². The highest BCUT2D eigenvalue weighted by Crippen LogP contribution is 2.47. The van der Waals surface area contributed by atoms with Gasteiger partial charge in [0.1, 0.15) is 23.6 Å². The van der Waals surface area contributed by atoms with Gasteiger partial charge in [-0.3, -0.25) is 9.88 Å². The van der Waals surface area contributed by atoms with E-state index in [-0.39, 0.29) is 41.7 Å². The number of benzene rings is 3. The summed E-state index contributed by atoms with van der Waals surface area (Å²) in [6, 6.07) is 18.2. The Hall–Kier alpha value is -4.25. The third kappa shape index (κ3) is 6.20. The minimum atomic E-state index is -0.667. The van der Waals surface area contributed by atoms with Gasteiger partial charge in [-0.15, -0.1) is 0 Å². The number of pyridine rings is 1. The van der Waals surface area contributed by atoms with Crippen molar-refractivity contribution in [3.63, 3.8) is 0 Å². The SMILES string of the molecule is OCCCc1c(F)ccc2cccc(-c3ncc4c(OCc5ccccc5)nc(OCC5(CN6CC7CCC(C6)O7)CC5)nc4c3F)c12. The summed E-state index contributed by atoms with van der Waals surface area (Å²) in [5.41, 5.74) is 1.86. The van der Waals surface area contributed by atoms with Crippen molar-refractivity contribution >= 4 is 21.7 Å². The van der Waals surface area contributed by atoms with Crippen LogP contribution in [0, 0.1) is 17.0 Å². The number of likely N-dealkylation sites (tertiary alicyclic amines) is 1. The van der Waals surface area contributed by atoms with E-state index in [1.54, 1.807) is 18.2 Å². The van der Waals surface area contributed by atoms with Crippen LogP contribution in [0.4, 0.5) is 8.78 Å². The minimum Gasteiger partial charge on any atom is -0.472 e. The van der Waals surface area contributed by atoms with Crippen molar-refractivity contribution in [3.8, 4) is 23.1 Å². The Labute approximate surface area is 277 Å². The number of fused-ring (bicyclic) bond motifs is 4. The molecule has 1 N–H and O–H groups in total. The molecule has 48 heavy (non-hydrogen) atoms. The highest BCUT2D eigenvalue weighted by Gasteiger charge is 2.47. The van der Waals surface area contributed by atoms with Gasteiger partial charge >= 0.3 is 6.01 Å². The first-order valence-electron chi connectivity index (χ1n) is 16.8. The van der Waals surface area contributed by atoms with Crippen molar-refractivity contribution in [1.29, 1.82) is 0 Å². The minimum absolute atomic E-state index is 0.000101. The second-order valence-electron chi connectivity index (χ2n) is 13.5. The van der Waals surface area contributed by atoms with Crippen molar-refractivity contribution in [2.45, 2.75) is 57.3 Å². The Bertz CT molecular complexity index is 1940. The Morgan fingerprint density at radius 2 is 1.75 bits per heavy atom. The molecular weight excluding hydrogens is 614 g/mol. The Morgan fingerprint density at radius 1 is 0.938 bits per heavy atom. The van der Waals surface area contributed by atoms with E-state index in [1.807, 2.05) is 36.4 Å². The number of aliphatic hydroxyl groups is 1. The maximum absolute atomic E-state index is 16.7. The topological polar surface area (TPSA) is 89.8 Å². The molecule has 2 bridgehead atoms. The Morgan fingerprint density at radius 3 is 2.52 bits per heavy atom. The summed E-state index contributed by atoms with van der Waals surface area (Å²) in [5, 5.41) is 11.1. The van der Waals surface area contributed by atoms with Gasteiger partial charge in [-0.25, -0.2) is 8.78 Å². The van der Waals surface area contributed by atoms with Crippen LogP contribution >= 0.6 is 0 Å². The average Bonchev–Trinajstić information content (AvgIpc) is 3.79. The Balaban J connectivity index is 1.15. The van der Waals surface area contributed by atoms with Crippen molar-refractivity contribution in [2.75, 3.05) is 32.8 Å². The van der Waals surface area contributed by atoms with E-state index in [9.17, 15) is 5.11 Å². The molecule has 2 aromatic heterocycles. The molecule has 4 heterocycles. The zero-order valence-corrected chi connectivity index (χ0v) is 26.7. The lowest BCUT2D eigenvalue weighted by Gasteiger charge is -2.34. The number of halogens is 2. The molecule has 2 unspecified atom stereocenters. The standard InChI is InChI=1S/C38H38F2N4O4/c39-31-14-11-25-8-4-9-29(32(25)28(31)10-5-17-45)34-33(40)35-30(18-41-34)36(46-21-24-6-2-1-3-7-24)43-37(42-35)47-23-38(15-16-38)22-44-19-26-12-13-27(20-44)48-26/h1-4,6-9,11,14,18,26-27,45H,5,10,12-13,15-17,19-23H2. The van der Waals surface area contributed by atoms with E-state index in [0.717, 1.165) is 56.3 Å². The van der Waals surface area contributed by atoms with E-state index in [2.05, 4.69) is 19.9 Å². The summed E-state index contributed by atoms with van der Waals surface area (Å²) >= 11 is 0. The number of aromatic nitrogens is 3. The Kier molecular flexibility index (Phi) is 8.40. The van der Waals surface area contributed by atoms with Crippen molar-refractivity contribution in [1.82, 2.24) is 19.9 Å². The second-order valence-corrected chi connectivity index (χ2v) is 13.5. The van der Waals surface area contributed by atoms with Gasteiger partial charge in [-0.2, -0.15) is 9.97 Å². The van der Waals surface area contributed by atoms with Gasteiger partial charge in [-0.1, -0.05) is 54.6 Å². The van der Waals surface area contributed by atoms with Gasteiger partial charge in [0, 0.05) is 43.4 Å². The summed E-state index contributed by atoms with van der Waals surface area (Å²) < 4.78 is 50.4. The first-order valence-corrected chi connectivity index (χ1v) is 16.8. The van der Waals surface area contributed by atoms with Gasteiger partial charge in [0.05, 0.1) is 24.2 Å². The molecule has 0 spiro atoms. The maximum Gasteiger partial charge on any atom is 0.320 e. The second kappa shape index (κ2) is 13.0. The van der Waals surface area contributed by atoms with E-state index in [1.165, 1.54) is 12.3 Å². The predicted octanol–water partition coefficient (Wildman–Crippen LogP) is 6.65. The predicted molar refractivity (Wildman–Crippen MR) is 178 cm³/mol. The van der Waals surface area contributed by atoms with Crippen LogP contribution in [0.25, 0.3) is 32.9 Å². The molecule has 8 rings (SSSR count). The molecule has 3 fully saturated rings. The van der Waals surface area contributed by atoms with Crippen LogP contribution in [0.1, 0.15) is 43.2 Å². The largest absolute Gasteiger partial charge is 0.472 e. The van der Waals surface area contributed by atoms with Gasteiger partial charge in [0.15, 0.2) is 5.82 Å². The monoisotopic (exact) mass is 652 g/mol. The third-order valence-corrected chi connectivity index (χ3v) is 9.93. The first-order chi connectivity index (χ1) is 23.5. The molecule has 5 aromatic rings. The molecule has 3 aromatic carbocycles. The fraction of sp³-hybridized carbons (Fsp3) is 0.395. The van der Waals surface area contributed by atoms with E-state index in [0.29, 0.717) is 53.6 Å². The molecule has 0 radical (unpaired) electrons. The van der Waals surface area contributed by atoms with Crippen molar-refractivity contribution in [3.05, 3.63) is 89.6 Å². The molecule has 2 aliphatic heterocycles. The molecule has 3 aliphatic rings. The number of hydrogen-bond acceptors (Lipinski definition) is 8. The lowest BCUT2D eigenvalue weighted by molar-refractivity contribution is -0.0460. The van der Waals surface area contributed by atoms with Crippen LogP contribution in [0.3, 0.4) is 0 Å². The lowest BCUT2D eigenvalue weighted by atomic mass is 9.94. The normalized spacial score (nSPS) is 20.0. The smallest absolute Gasteiger partial charge is 0.320 e. The van der Waals surface area contributed by atoms with Gasteiger partial charge in [0.2, 0.25) is 5.88 Å². The van der Waals surface area contributed by atoms with Crippen LogP contribution in [0.15, 0.2) is 66.9 Å². The maximum atomic E-state index is 16.7. The zero-order chi connectivity index (χ0) is 32.7. The summed E-state index contributed by atoms with van der Waals surface area (Å²) in [7, 11) is 0. The number of rotatable bonds is 12. The molecule has 2 atom stereocenters. The summed E-state index contributed by atoms with van der Waals surface area (Å²) in [6.45, 7) is 3.37. The van der Waals surface area contributed by atoms with Crippen molar-refractivity contribution < 1.29 is 28.1 Å². The molecule has 1 aliphatic carbocycles. The third-order valence-electron chi connectivity index (χ3n) is 9.93. The van der Waals surface area contributed by atoms with Crippen LogP contribution in [-0.4, -0.2) is 70.0 Å². The quantitative estimate of drug-likeness (QED) is 0.160. The fourth-order valence-electron chi connectivity index (χ4n) is 7.27. The first kappa shape index (κ1) is 31.0. The zero-order valence-electron chi connectivity index (χ0n) is 26.7. The summed E-state index contributed by atoms with van der Waals surface area (Å²) in [4.78, 5) is 16.2. The lowest BCUT2D eigenvalue weighted by Crippen LogP contribution is -2.45. The number of hydrogen-bond donors (Lipinski definition) is 1. The van der Waals surface area contributed by atoms with Crippen LogP contribution < -0.4 is 9.47 Å². The molecule has 248 valence electrons. The van der Waals surface area contributed by atoms with E-state index in [4.69, 9.17) is 14.2 Å². The van der Waals surface area contributed by atoms with Crippen LogP contribution in [0.5, 0.6) is 11.9 Å². The molecular formula is C38H38F2N4O4. The van der Waals surface area contributed by atoms with E-state index < -0.39 is 11.6 Å². The highest BCUT2D eigenvalue weighted by atomic mass is 19.1. The number of aryl methyl sites for hydroxylation is 1. The van der Waals surface area contributed by atoms with Gasteiger partial charge in [-0.05, 0) is 66.5 Å². The highest BCUT2D eigenvalue weighted by molar-refractivity contribution is 6.00. The fourth-order valence-corrected chi connectivity index (χ4v) is 7.27. The van der Waals surface area contributed by atoms with E-state index >= 15 is 8.78 Å².